The van der Waals surface area contributed by atoms with Crippen LogP contribution < -0.4 is 0 Å². The second-order valence-electron chi connectivity index (χ2n) is 2.05. The lowest BCUT2D eigenvalue weighted by Crippen LogP contribution is -1.96. The topological polar surface area (TPSA) is 18.5 Å². The van der Waals surface area contributed by atoms with Crippen molar-refractivity contribution in [1.29, 1.82) is 0 Å². The molecule has 0 amide bonds. The molecule has 0 atom stereocenters. The predicted molar refractivity (Wildman–Crippen MR) is 46.9 cm³/mol. The molecule has 0 heterocycles. The zero-order valence-electron chi connectivity index (χ0n) is 6.88. The Bertz CT molecular complexity index is 94.1. The van der Waals surface area contributed by atoms with Gasteiger partial charge in [-0.2, -0.15) is 0 Å². The van der Waals surface area contributed by atoms with Gasteiger partial charge in [0.1, 0.15) is 6.79 Å². The van der Waals surface area contributed by atoms with E-state index < -0.39 is 0 Å². The fraction of sp³-hybridized carbons (Fsp3) is 0.750. The van der Waals surface area contributed by atoms with Crippen LogP contribution in [0.5, 0.6) is 0 Å². The molecular formula is C8H15ClO2. The van der Waals surface area contributed by atoms with Gasteiger partial charge in [-0.05, 0) is 12.8 Å². The van der Waals surface area contributed by atoms with Gasteiger partial charge in [-0.15, -0.1) is 11.6 Å². The Morgan fingerprint density at radius 1 is 1.27 bits per heavy atom. The maximum atomic E-state index is 5.46. The summed E-state index contributed by atoms with van der Waals surface area (Å²) in [7, 11) is 1.61. The van der Waals surface area contributed by atoms with Crippen molar-refractivity contribution in [2.24, 2.45) is 0 Å². The standard InChI is InChI=1S/C8H15ClO2/c1-10-8-11-7-5-3-2-4-6-9/h2-3H,4-8H2,1H3. The number of halogens is 1. The van der Waals surface area contributed by atoms with Crippen molar-refractivity contribution in [3.05, 3.63) is 12.2 Å². The average molecular weight is 179 g/mol. The first-order valence-electron chi connectivity index (χ1n) is 3.69. The van der Waals surface area contributed by atoms with Crippen molar-refractivity contribution in [1.82, 2.24) is 0 Å². The summed E-state index contributed by atoms with van der Waals surface area (Å²) in [6.45, 7) is 1.09. The van der Waals surface area contributed by atoms with E-state index in [1.165, 1.54) is 0 Å². The van der Waals surface area contributed by atoms with Crippen LogP contribution in [0.3, 0.4) is 0 Å². The largest absolute Gasteiger partial charge is 0.359 e. The third kappa shape index (κ3) is 9.95. The Labute approximate surface area is 73.1 Å². The lowest BCUT2D eigenvalue weighted by Gasteiger charge is -1.97. The average Bonchev–Trinajstić information content (AvgIpc) is 2.03. The molecule has 0 spiro atoms. The molecule has 0 radical (unpaired) electrons. The van der Waals surface area contributed by atoms with Gasteiger partial charge in [0.15, 0.2) is 0 Å². The van der Waals surface area contributed by atoms with Gasteiger partial charge in [0.2, 0.25) is 0 Å². The minimum atomic E-state index is 0.378. The van der Waals surface area contributed by atoms with Gasteiger partial charge >= 0.3 is 0 Å². The monoisotopic (exact) mass is 178 g/mol. The number of hydrogen-bond donors (Lipinski definition) is 0. The van der Waals surface area contributed by atoms with Gasteiger partial charge in [0.25, 0.3) is 0 Å². The van der Waals surface area contributed by atoms with Gasteiger partial charge in [-0.3, -0.25) is 0 Å². The van der Waals surface area contributed by atoms with Crippen LogP contribution in [0.25, 0.3) is 0 Å². The Morgan fingerprint density at radius 3 is 2.64 bits per heavy atom. The Morgan fingerprint density at radius 2 is 2.00 bits per heavy atom. The van der Waals surface area contributed by atoms with Crippen LogP contribution in [0.4, 0.5) is 0 Å². The van der Waals surface area contributed by atoms with E-state index in [1.807, 2.05) is 0 Å². The quantitative estimate of drug-likeness (QED) is 0.258. The lowest BCUT2D eigenvalue weighted by molar-refractivity contribution is -0.0285. The molecule has 0 saturated carbocycles. The molecular weight excluding hydrogens is 164 g/mol. The number of allylic oxidation sites excluding steroid dienone is 1. The maximum Gasteiger partial charge on any atom is 0.146 e. The number of hydrogen-bond acceptors (Lipinski definition) is 2. The highest BCUT2D eigenvalue weighted by atomic mass is 35.5. The van der Waals surface area contributed by atoms with E-state index >= 15 is 0 Å². The second kappa shape index (κ2) is 9.95. The highest BCUT2D eigenvalue weighted by Gasteiger charge is 1.81. The Balaban J connectivity index is 2.89. The minimum Gasteiger partial charge on any atom is -0.359 e. The maximum absolute atomic E-state index is 5.46. The summed E-state index contributed by atoms with van der Waals surface area (Å²) in [6.07, 6.45) is 5.99. The first-order valence-corrected chi connectivity index (χ1v) is 4.23. The highest BCUT2D eigenvalue weighted by molar-refractivity contribution is 6.17. The minimum absolute atomic E-state index is 0.378. The van der Waals surface area contributed by atoms with E-state index in [9.17, 15) is 0 Å². The molecule has 0 unspecified atom stereocenters. The molecule has 0 aliphatic rings. The van der Waals surface area contributed by atoms with E-state index in [2.05, 4.69) is 12.2 Å². The third-order valence-corrected chi connectivity index (χ3v) is 1.29. The predicted octanol–water partition coefficient (Wildman–Crippen LogP) is 2.18. The van der Waals surface area contributed by atoms with Gasteiger partial charge in [0, 0.05) is 13.0 Å². The molecule has 0 saturated heterocycles. The molecule has 0 aliphatic carbocycles. The van der Waals surface area contributed by atoms with Gasteiger partial charge in [0.05, 0.1) is 6.61 Å². The van der Waals surface area contributed by atoms with Crippen LogP contribution in [0.15, 0.2) is 12.2 Å². The molecule has 3 heteroatoms. The zero-order chi connectivity index (χ0) is 8.36. The molecule has 0 aliphatic heterocycles. The van der Waals surface area contributed by atoms with Crippen molar-refractivity contribution in [3.8, 4) is 0 Å². The fourth-order valence-corrected chi connectivity index (χ4v) is 0.718. The summed E-state index contributed by atoms with van der Waals surface area (Å²) in [5.41, 5.74) is 0. The van der Waals surface area contributed by atoms with Crippen LogP contribution in [0.2, 0.25) is 0 Å². The fourth-order valence-electron chi connectivity index (χ4n) is 0.592. The third-order valence-electron chi connectivity index (χ3n) is 1.07. The normalized spacial score (nSPS) is 11.1. The second-order valence-corrected chi connectivity index (χ2v) is 2.43. The van der Waals surface area contributed by atoms with Crippen LogP contribution >= 0.6 is 11.6 Å². The molecule has 0 rings (SSSR count). The van der Waals surface area contributed by atoms with Crippen LogP contribution in [0.1, 0.15) is 12.8 Å². The molecule has 0 fully saturated rings. The summed E-state index contributed by atoms with van der Waals surface area (Å²) in [6, 6.07) is 0. The van der Waals surface area contributed by atoms with Crippen LogP contribution in [-0.2, 0) is 9.47 Å². The van der Waals surface area contributed by atoms with E-state index in [1.54, 1.807) is 7.11 Å². The molecule has 0 aromatic carbocycles. The molecule has 0 aromatic rings. The lowest BCUT2D eigenvalue weighted by atomic mass is 10.3. The van der Waals surface area contributed by atoms with Crippen LogP contribution in [-0.4, -0.2) is 26.4 Å². The van der Waals surface area contributed by atoms with E-state index in [0.29, 0.717) is 19.3 Å². The van der Waals surface area contributed by atoms with Crippen LogP contribution in [0, 0.1) is 0 Å². The summed E-state index contributed by atoms with van der Waals surface area (Å²) < 4.78 is 9.76. The number of ether oxygens (including phenoxy) is 2. The summed E-state index contributed by atoms with van der Waals surface area (Å²) in [4.78, 5) is 0. The van der Waals surface area contributed by atoms with E-state index in [0.717, 1.165) is 12.8 Å². The van der Waals surface area contributed by atoms with Gasteiger partial charge < -0.3 is 9.47 Å². The smallest absolute Gasteiger partial charge is 0.146 e. The molecule has 0 bridgehead atoms. The molecule has 0 aromatic heterocycles. The number of methoxy groups -OCH3 is 1. The van der Waals surface area contributed by atoms with E-state index in [-0.39, 0.29) is 0 Å². The highest BCUT2D eigenvalue weighted by Crippen LogP contribution is 1.90. The van der Waals surface area contributed by atoms with Crippen molar-refractivity contribution in [2.75, 3.05) is 26.4 Å². The van der Waals surface area contributed by atoms with Gasteiger partial charge in [-0.1, -0.05) is 12.2 Å². The first kappa shape index (κ1) is 11.0. The number of alkyl halides is 1. The van der Waals surface area contributed by atoms with Crippen molar-refractivity contribution >= 4 is 11.6 Å². The van der Waals surface area contributed by atoms with Crippen molar-refractivity contribution in [3.63, 3.8) is 0 Å². The summed E-state index contributed by atoms with van der Waals surface area (Å²) in [5, 5.41) is 0. The first-order chi connectivity index (χ1) is 5.41. The van der Waals surface area contributed by atoms with E-state index in [4.69, 9.17) is 21.1 Å². The van der Waals surface area contributed by atoms with Crippen molar-refractivity contribution in [2.45, 2.75) is 12.8 Å². The number of rotatable bonds is 7. The molecule has 66 valence electrons. The Hall–Kier alpha value is -0.0500. The van der Waals surface area contributed by atoms with Gasteiger partial charge in [-0.25, -0.2) is 0 Å². The Kier molecular flexibility index (Phi) is 9.90. The molecule has 2 nitrogen and oxygen atoms in total. The molecule has 0 N–H and O–H groups in total. The van der Waals surface area contributed by atoms with Crippen molar-refractivity contribution < 1.29 is 9.47 Å². The molecule has 11 heavy (non-hydrogen) atoms. The summed E-state index contributed by atoms with van der Waals surface area (Å²) in [5.74, 6) is 0.690. The SMILES string of the molecule is COCOCCC=CCCCl. The zero-order valence-corrected chi connectivity index (χ0v) is 7.64. The summed E-state index contributed by atoms with van der Waals surface area (Å²) >= 11 is 5.46.